The maximum Gasteiger partial charge on any atom is 0.228 e. The van der Waals surface area contributed by atoms with E-state index in [1.165, 1.54) is 29.5 Å². The summed E-state index contributed by atoms with van der Waals surface area (Å²) in [6, 6.07) is 7.52. The third-order valence-corrected chi connectivity index (χ3v) is 3.05. The highest BCUT2D eigenvalue weighted by atomic mass is 32.1. The van der Waals surface area contributed by atoms with E-state index in [0.29, 0.717) is 5.69 Å². The molecular formula is C13H9FN2OS. The molecule has 0 aliphatic rings. The number of nitrogens with zero attached hydrogens (tertiary/aromatic N) is 1. The van der Waals surface area contributed by atoms with Crippen LogP contribution >= 0.6 is 11.3 Å². The number of amides is 1. The summed E-state index contributed by atoms with van der Waals surface area (Å²) in [6.07, 6.45) is 0.267. The lowest BCUT2D eigenvalue weighted by atomic mass is 10.2. The van der Waals surface area contributed by atoms with Gasteiger partial charge < -0.3 is 5.32 Å². The highest BCUT2D eigenvalue weighted by molar-refractivity contribution is 7.08. The second kappa shape index (κ2) is 5.43. The number of benzene rings is 1. The first-order valence-corrected chi connectivity index (χ1v) is 6.14. The Balaban J connectivity index is 2.05. The van der Waals surface area contributed by atoms with Gasteiger partial charge in [0.25, 0.3) is 0 Å². The first kappa shape index (κ1) is 12.3. The Morgan fingerprint density at radius 2 is 2.28 bits per heavy atom. The molecule has 0 saturated carbocycles. The van der Waals surface area contributed by atoms with Crippen LogP contribution in [0.3, 0.4) is 0 Å². The largest absolute Gasteiger partial charge is 0.326 e. The van der Waals surface area contributed by atoms with E-state index < -0.39 is 5.82 Å². The van der Waals surface area contributed by atoms with Crippen molar-refractivity contribution in [3.8, 4) is 6.07 Å². The molecule has 2 aromatic rings. The molecule has 1 amide bonds. The van der Waals surface area contributed by atoms with E-state index in [4.69, 9.17) is 5.26 Å². The zero-order chi connectivity index (χ0) is 13.0. The summed E-state index contributed by atoms with van der Waals surface area (Å²) in [7, 11) is 0. The van der Waals surface area contributed by atoms with Crippen molar-refractivity contribution in [3.63, 3.8) is 0 Å². The lowest BCUT2D eigenvalue weighted by molar-refractivity contribution is -0.115. The van der Waals surface area contributed by atoms with Crippen LogP contribution in [-0.2, 0) is 11.2 Å². The molecule has 1 aromatic heterocycles. The number of nitrogens with one attached hydrogen (secondary N) is 1. The Bertz CT molecular complexity index is 602. The van der Waals surface area contributed by atoms with Crippen LogP contribution in [0.15, 0.2) is 35.0 Å². The number of nitriles is 1. The van der Waals surface area contributed by atoms with Crippen LogP contribution in [-0.4, -0.2) is 5.91 Å². The lowest BCUT2D eigenvalue weighted by Gasteiger charge is -2.05. The SMILES string of the molecule is N#Cc1cc(NC(=O)Cc2ccsc2)ccc1F. The quantitative estimate of drug-likeness (QED) is 0.922. The summed E-state index contributed by atoms with van der Waals surface area (Å²) < 4.78 is 13.1. The van der Waals surface area contributed by atoms with Crippen molar-refractivity contribution in [3.05, 3.63) is 52.0 Å². The van der Waals surface area contributed by atoms with Gasteiger partial charge in [-0.05, 0) is 40.6 Å². The summed E-state index contributed by atoms with van der Waals surface area (Å²) in [4.78, 5) is 11.7. The monoisotopic (exact) mass is 260 g/mol. The molecule has 2 rings (SSSR count). The minimum absolute atomic E-state index is 0.0802. The second-order valence-electron chi connectivity index (χ2n) is 3.66. The van der Waals surface area contributed by atoms with Crippen molar-refractivity contribution >= 4 is 22.9 Å². The van der Waals surface area contributed by atoms with Gasteiger partial charge in [0.05, 0.1) is 12.0 Å². The number of carbonyl (C=O) groups is 1. The molecule has 90 valence electrons. The van der Waals surface area contributed by atoms with Crippen LogP contribution in [0.5, 0.6) is 0 Å². The first-order valence-electron chi connectivity index (χ1n) is 5.19. The summed E-state index contributed by atoms with van der Waals surface area (Å²) in [5.41, 5.74) is 1.27. The number of thiophene rings is 1. The van der Waals surface area contributed by atoms with Crippen molar-refractivity contribution in [1.29, 1.82) is 5.26 Å². The minimum atomic E-state index is -0.590. The van der Waals surface area contributed by atoms with Gasteiger partial charge in [0.15, 0.2) is 0 Å². The van der Waals surface area contributed by atoms with E-state index >= 15 is 0 Å². The Kier molecular flexibility index (Phi) is 3.70. The second-order valence-corrected chi connectivity index (χ2v) is 4.44. The van der Waals surface area contributed by atoms with E-state index in [1.807, 2.05) is 16.8 Å². The van der Waals surface area contributed by atoms with Crippen LogP contribution in [0, 0.1) is 17.1 Å². The highest BCUT2D eigenvalue weighted by Crippen LogP contribution is 2.14. The number of hydrogen-bond acceptors (Lipinski definition) is 3. The molecule has 0 spiro atoms. The minimum Gasteiger partial charge on any atom is -0.326 e. The Labute approximate surface area is 107 Å². The summed E-state index contributed by atoms with van der Waals surface area (Å²) in [5.74, 6) is -0.780. The fourth-order valence-electron chi connectivity index (χ4n) is 1.47. The Morgan fingerprint density at radius 3 is 2.94 bits per heavy atom. The van der Waals surface area contributed by atoms with Gasteiger partial charge >= 0.3 is 0 Å². The Hall–Kier alpha value is -2.19. The van der Waals surface area contributed by atoms with Crippen LogP contribution in [0.2, 0.25) is 0 Å². The molecular weight excluding hydrogens is 251 g/mol. The third-order valence-electron chi connectivity index (χ3n) is 2.32. The van der Waals surface area contributed by atoms with Gasteiger partial charge in [0.1, 0.15) is 11.9 Å². The predicted octanol–water partition coefficient (Wildman–Crippen LogP) is 2.94. The predicted molar refractivity (Wildman–Crippen MR) is 67.8 cm³/mol. The maximum atomic E-state index is 13.1. The maximum absolute atomic E-state index is 13.1. The molecule has 0 saturated heterocycles. The van der Waals surface area contributed by atoms with E-state index in [2.05, 4.69) is 5.32 Å². The molecule has 0 unspecified atom stereocenters. The van der Waals surface area contributed by atoms with Gasteiger partial charge in [0, 0.05) is 5.69 Å². The van der Waals surface area contributed by atoms with Gasteiger partial charge in [-0.3, -0.25) is 4.79 Å². The van der Waals surface area contributed by atoms with Gasteiger partial charge in [-0.1, -0.05) is 0 Å². The molecule has 18 heavy (non-hydrogen) atoms. The van der Waals surface area contributed by atoms with Gasteiger partial charge in [-0.15, -0.1) is 0 Å². The zero-order valence-electron chi connectivity index (χ0n) is 9.31. The molecule has 1 N–H and O–H groups in total. The lowest BCUT2D eigenvalue weighted by Crippen LogP contribution is -2.14. The summed E-state index contributed by atoms with van der Waals surface area (Å²) in [5, 5.41) is 15.1. The summed E-state index contributed by atoms with van der Waals surface area (Å²) >= 11 is 1.52. The van der Waals surface area contributed by atoms with Crippen molar-refractivity contribution in [2.24, 2.45) is 0 Å². The molecule has 5 heteroatoms. The van der Waals surface area contributed by atoms with Crippen molar-refractivity contribution < 1.29 is 9.18 Å². The molecule has 0 atom stereocenters. The van der Waals surface area contributed by atoms with E-state index in [1.54, 1.807) is 6.07 Å². The van der Waals surface area contributed by atoms with Crippen LogP contribution in [0.1, 0.15) is 11.1 Å². The fraction of sp³-hybridized carbons (Fsp3) is 0.0769. The van der Waals surface area contributed by atoms with Crippen molar-refractivity contribution in [2.75, 3.05) is 5.32 Å². The number of carbonyl (C=O) groups excluding carboxylic acids is 1. The van der Waals surface area contributed by atoms with Crippen molar-refractivity contribution in [2.45, 2.75) is 6.42 Å². The molecule has 1 heterocycles. The number of anilines is 1. The van der Waals surface area contributed by atoms with Crippen LogP contribution < -0.4 is 5.32 Å². The van der Waals surface area contributed by atoms with E-state index in [9.17, 15) is 9.18 Å². The topological polar surface area (TPSA) is 52.9 Å². The van der Waals surface area contributed by atoms with Crippen LogP contribution in [0.4, 0.5) is 10.1 Å². The molecule has 0 radical (unpaired) electrons. The number of rotatable bonds is 3. The van der Waals surface area contributed by atoms with E-state index in [-0.39, 0.29) is 17.9 Å². The summed E-state index contributed by atoms with van der Waals surface area (Å²) in [6.45, 7) is 0. The van der Waals surface area contributed by atoms with Gasteiger partial charge in [-0.25, -0.2) is 4.39 Å². The number of hydrogen-bond donors (Lipinski definition) is 1. The molecule has 3 nitrogen and oxygen atoms in total. The third kappa shape index (κ3) is 2.93. The smallest absolute Gasteiger partial charge is 0.228 e. The van der Waals surface area contributed by atoms with Crippen molar-refractivity contribution in [1.82, 2.24) is 0 Å². The Morgan fingerprint density at radius 1 is 1.44 bits per heavy atom. The molecule has 0 aliphatic heterocycles. The number of halogens is 1. The molecule has 0 aliphatic carbocycles. The highest BCUT2D eigenvalue weighted by Gasteiger charge is 2.07. The van der Waals surface area contributed by atoms with E-state index in [0.717, 1.165) is 5.56 Å². The fourth-order valence-corrected chi connectivity index (χ4v) is 2.14. The standard InChI is InChI=1S/C13H9FN2OS/c14-12-2-1-11(6-10(12)7-15)16-13(17)5-9-3-4-18-8-9/h1-4,6,8H,5H2,(H,16,17). The molecule has 0 fully saturated rings. The zero-order valence-corrected chi connectivity index (χ0v) is 10.1. The van der Waals surface area contributed by atoms with Gasteiger partial charge in [0.2, 0.25) is 5.91 Å². The molecule has 0 bridgehead atoms. The van der Waals surface area contributed by atoms with Gasteiger partial charge in [-0.2, -0.15) is 16.6 Å². The molecule has 1 aromatic carbocycles. The first-order chi connectivity index (χ1) is 8.69. The normalized spacial score (nSPS) is 9.78. The van der Waals surface area contributed by atoms with Crippen LogP contribution in [0.25, 0.3) is 0 Å². The average Bonchev–Trinajstić information content (AvgIpc) is 2.84. The average molecular weight is 260 g/mol.